The van der Waals surface area contributed by atoms with E-state index in [1.54, 1.807) is 13.2 Å². The van der Waals surface area contributed by atoms with Crippen molar-refractivity contribution in [1.29, 1.82) is 0 Å². The number of nitrogens with two attached hydrogens (primary N) is 1. The second kappa shape index (κ2) is 6.77. The number of hydrogen-bond donors (Lipinski definition) is 2. The normalized spacial score (nSPS) is 10.5. The summed E-state index contributed by atoms with van der Waals surface area (Å²) in [4.78, 5) is 24.8. The molecule has 19 heavy (non-hydrogen) atoms. The summed E-state index contributed by atoms with van der Waals surface area (Å²) in [7, 11) is 1.59. The van der Waals surface area contributed by atoms with Crippen molar-refractivity contribution in [2.24, 2.45) is 5.92 Å². The molecule has 0 fully saturated rings. The fourth-order valence-electron chi connectivity index (χ4n) is 1.40. The van der Waals surface area contributed by atoms with Crippen molar-refractivity contribution in [2.75, 3.05) is 25.9 Å². The van der Waals surface area contributed by atoms with Gasteiger partial charge in [-0.15, -0.1) is 0 Å². The molecule has 0 radical (unpaired) electrons. The lowest BCUT2D eigenvalue weighted by Crippen LogP contribution is -2.40. The molecule has 0 aromatic carbocycles. The van der Waals surface area contributed by atoms with Crippen LogP contribution in [0.1, 0.15) is 13.8 Å². The van der Waals surface area contributed by atoms with Crippen LogP contribution in [0.4, 0.5) is 5.69 Å². The molecule has 1 aromatic heterocycles. The number of rotatable bonds is 6. The predicted molar refractivity (Wildman–Crippen MR) is 72.1 cm³/mol. The van der Waals surface area contributed by atoms with Gasteiger partial charge in [0.05, 0.1) is 18.4 Å². The molecule has 7 heteroatoms. The highest BCUT2D eigenvalue weighted by Gasteiger charge is 2.13. The third-order valence-corrected chi connectivity index (χ3v) is 2.46. The molecule has 0 atom stereocenters. The standard InChI is InChI=1S/C12H21N5O2/c1-9(2)4-14-11(18)7-16(3)12(19)8-17-6-10(13)5-15-17/h5-6,9H,4,7-8,13H2,1-3H3,(H,14,18). The van der Waals surface area contributed by atoms with Gasteiger partial charge in [-0.25, -0.2) is 0 Å². The Morgan fingerprint density at radius 2 is 2.21 bits per heavy atom. The highest BCUT2D eigenvalue weighted by molar-refractivity contribution is 5.84. The van der Waals surface area contributed by atoms with E-state index in [2.05, 4.69) is 10.4 Å². The highest BCUT2D eigenvalue weighted by atomic mass is 16.2. The van der Waals surface area contributed by atoms with E-state index in [1.807, 2.05) is 13.8 Å². The summed E-state index contributed by atoms with van der Waals surface area (Å²) in [5, 5.41) is 6.68. The van der Waals surface area contributed by atoms with Crippen LogP contribution in [0.2, 0.25) is 0 Å². The Labute approximate surface area is 112 Å². The largest absolute Gasteiger partial charge is 0.396 e. The minimum Gasteiger partial charge on any atom is -0.396 e. The molecule has 1 aromatic rings. The SMILES string of the molecule is CC(C)CNC(=O)CN(C)C(=O)Cn1cc(N)cn1. The number of nitrogens with zero attached hydrogens (tertiary/aromatic N) is 3. The maximum atomic E-state index is 11.8. The topological polar surface area (TPSA) is 93.2 Å². The fourth-order valence-corrected chi connectivity index (χ4v) is 1.40. The van der Waals surface area contributed by atoms with Crippen LogP contribution in [-0.4, -0.2) is 46.6 Å². The van der Waals surface area contributed by atoms with Crippen molar-refractivity contribution >= 4 is 17.5 Å². The molecule has 3 N–H and O–H groups in total. The Balaban J connectivity index is 2.38. The zero-order valence-corrected chi connectivity index (χ0v) is 11.6. The molecule has 106 valence electrons. The van der Waals surface area contributed by atoms with Crippen molar-refractivity contribution in [3.63, 3.8) is 0 Å². The van der Waals surface area contributed by atoms with E-state index in [0.29, 0.717) is 18.2 Å². The lowest BCUT2D eigenvalue weighted by atomic mass is 10.2. The Bertz CT molecular complexity index is 441. The monoisotopic (exact) mass is 267 g/mol. The maximum Gasteiger partial charge on any atom is 0.244 e. The van der Waals surface area contributed by atoms with E-state index in [-0.39, 0.29) is 24.9 Å². The molecule has 1 rings (SSSR count). The second-order valence-corrected chi connectivity index (χ2v) is 4.92. The van der Waals surface area contributed by atoms with Crippen LogP contribution in [0.25, 0.3) is 0 Å². The molecular formula is C12H21N5O2. The third-order valence-electron chi connectivity index (χ3n) is 2.46. The molecule has 0 aliphatic heterocycles. The summed E-state index contributed by atoms with van der Waals surface area (Å²) in [6.07, 6.45) is 3.05. The number of hydrogen-bond acceptors (Lipinski definition) is 4. The molecule has 0 saturated carbocycles. The zero-order valence-electron chi connectivity index (χ0n) is 11.6. The number of aromatic nitrogens is 2. The molecule has 0 unspecified atom stereocenters. The van der Waals surface area contributed by atoms with Crippen LogP contribution in [0.15, 0.2) is 12.4 Å². The van der Waals surface area contributed by atoms with Gasteiger partial charge < -0.3 is 16.0 Å². The van der Waals surface area contributed by atoms with E-state index < -0.39 is 0 Å². The van der Waals surface area contributed by atoms with Crippen LogP contribution >= 0.6 is 0 Å². The van der Waals surface area contributed by atoms with Gasteiger partial charge in [-0.1, -0.05) is 13.8 Å². The molecule has 0 spiro atoms. The predicted octanol–water partition coefficient (Wildman–Crippen LogP) is -0.304. The smallest absolute Gasteiger partial charge is 0.244 e. The summed E-state index contributed by atoms with van der Waals surface area (Å²) < 4.78 is 1.44. The minimum atomic E-state index is -0.192. The summed E-state index contributed by atoms with van der Waals surface area (Å²) in [5.74, 6) is 0.0318. The first-order valence-corrected chi connectivity index (χ1v) is 6.17. The number of anilines is 1. The van der Waals surface area contributed by atoms with Gasteiger partial charge in [-0.3, -0.25) is 14.3 Å². The van der Waals surface area contributed by atoms with Gasteiger partial charge in [-0.05, 0) is 5.92 Å². The highest BCUT2D eigenvalue weighted by Crippen LogP contribution is 1.98. The number of likely N-dealkylation sites (N-methyl/N-ethyl adjacent to an activating group) is 1. The number of nitrogens with one attached hydrogen (secondary N) is 1. The van der Waals surface area contributed by atoms with Crippen molar-refractivity contribution in [2.45, 2.75) is 20.4 Å². The first-order chi connectivity index (χ1) is 8.88. The minimum absolute atomic E-state index is 0.0440. The Morgan fingerprint density at radius 3 is 2.74 bits per heavy atom. The Kier molecular flexibility index (Phi) is 5.35. The van der Waals surface area contributed by atoms with Gasteiger partial charge in [-0.2, -0.15) is 5.10 Å². The maximum absolute atomic E-state index is 11.8. The summed E-state index contributed by atoms with van der Waals surface area (Å²) in [6, 6.07) is 0. The molecule has 0 bridgehead atoms. The molecule has 0 aliphatic rings. The fraction of sp³-hybridized carbons (Fsp3) is 0.583. The van der Waals surface area contributed by atoms with E-state index in [9.17, 15) is 9.59 Å². The van der Waals surface area contributed by atoms with Crippen LogP contribution < -0.4 is 11.1 Å². The summed E-state index contributed by atoms with van der Waals surface area (Å²) >= 11 is 0. The van der Waals surface area contributed by atoms with Gasteiger partial charge in [0.25, 0.3) is 0 Å². The summed E-state index contributed by atoms with van der Waals surface area (Å²) in [5.41, 5.74) is 6.01. The average molecular weight is 267 g/mol. The quantitative estimate of drug-likeness (QED) is 0.739. The van der Waals surface area contributed by atoms with Gasteiger partial charge >= 0.3 is 0 Å². The average Bonchev–Trinajstić information content (AvgIpc) is 2.72. The molecule has 0 saturated heterocycles. The van der Waals surface area contributed by atoms with Crippen LogP contribution in [0, 0.1) is 5.92 Å². The lowest BCUT2D eigenvalue weighted by Gasteiger charge is -2.17. The second-order valence-electron chi connectivity index (χ2n) is 4.92. The van der Waals surface area contributed by atoms with Gasteiger partial charge in [0.2, 0.25) is 11.8 Å². The van der Waals surface area contributed by atoms with Gasteiger partial charge in [0.15, 0.2) is 0 Å². The van der Waals surface area contributed by atoms with Crippen molar-refractivity contribution in [3.8, 4) is 0 Å². The third kappa shape index (κ3) is 5.41. The van der Waals surface area contributed by atoms with E-state index in [0.717, 1.165) is 0 Å². The Hall–Kier alpha value is -2.05. The van der Waals surface area contributed by atoms with E-state index in [1.165, 1.54) is 15.8 Å². The first-order valence-electron chi connectivity index (χ1n) is 6.17. The number of amides is 2. The van der Waals surface area contributed by atoms with Crippen LogP contribution in [-0.2, 0) is 16.1 Å². The molecule has 7 nitrogen and oxygen atoms in total. The first kappa shape index (κ1) is 15.0. The Morgan fingerprint density at radius 1 is 1.53 bits per heavy atom. The van der Waals surface area contributed by atoms with E-state index in [4.69, 9.17) is 5.73 Å². The summed E-state index contributed by atoms with van der Waals surface area (Å²) in [6.45, 7) is 4.75. The van der Waals surface area contributed by atoms with Gasteiger partial charge in [0, 0.05) is 19.8 Å². The van der Waals surface area contributed by atoms with Crippen molar-refractivity contribution < 1.29 is 9.59 Å². The van der Waals surface area contributed by atoms with E-state index >= 15 is 0 Å². The molecule has 1 heterocycles. The number of nitrogen functional groups attached to an aromatic ring is 1. The zero-order chi connectivity index (χ0) is 14.4. The molecular weight excluding hydrogens is 246 g/mol. The number of carbonyl (C=O) groups is 2. The van der Waals surface area contributed by atoms with Crippen molar-refractivity contribution in [1.82, 2.24) is 20.0 Å². The van der Waals surface area contributed by atoms with Crippen LogP contribution in [0.3, 0.4) is 0 Å². The van der Waals surface area contributed by atoms with Crippen molar-refractivity contribution in [3.05, 3.63) is 12.4 Å². The van der Waals surface area contributed by atoms with Gasteiger partial charge in [0.1, 0.15) is 6.54 Å². The number of carbonyl (C=O) groups excluding carboxylic acids is 2. The molecule has 2 amide bonds. The van der Waals surface area contributed by atoms with Crippen LogP contribution in [0.5, 0.6) is 0 Å². The molecule has 0 aliphatic carbocycles. The lowest BCUT2D eigenvalue weighted by molar-refractivity contribution is -0.135.